The van der Waals surface area contributed by atoms with E-state index in [9.17, 15) is 23.4 Å². The third-order valence-electron chi connectivity index (χ3n) is 6.35. The zero-order valence-electron chi connectivity index (χ0n) is 21.9. The Bertz CT molecular complexity index is 1780. The minimum Gasteiger partial charge on any atom is -0.508 e. The van der Waals surface area contributed by atoms with Gasteiger partial charge >= 0.3 is 0 Å². The minimum atomic E-state index is -3.74. The Balaban J connectivity index is 1.41. The fraction of sp³-hybridized carbons (Fsp3) is 0.100. The monoisotopic (exact) mass is 586 g/mol. The van der Waals surface area contributed by atoms with Gasteiger partial charge in [0.15, 0.2) is 0 Å². The van der Waals surface area contributed by atoms with Gasteiger partial charge in [0.2, 0.25) is 10.0 Å². The third-order valence-corrected chi connectivity index (χ3v) is 8.60. The first-order valence-electron chi connectivity index (χ1n) is 12.5. The maximum absolute atomic E-state index is 13.5. The number of hydrogen-bond acceptors (Lipinski definition) is 8. The zero-order valence-corrected chi connectivity index (χ0v) is 23.6. The molecule has 0 saturated carbocycles. The molecule has 0 fully saturated rings. The van der Waals surface area contributed by atoms with Crippen molar-refractivity contribution in [2.75, 3.05) is 4.90 Å². The number of aryl methyl sites for hydroxylation is 1. The van der Waals surface area contributed by atoms with Gasteiger partial charge in [0.25, 0.3) is 5.91 Å². The molecule has 2 aromatic carbocycles. The van der Waals surface area contributed by atoms with Crippen LogP contribution in [0.15, 0.2) is 102 Å². The molecule has 3 heterocycles. The SMILES string of the molecule is Cc1cc(S(=O)(=O)NCc2cccs2)cnc1-c1ccc(N(Cc2cccnc2)C(=O)c2ccc(O)cc2O)cc1. The average molecular weight is 587 g/mol. The van der Waals surface area contributed by atoms with Crippen molar-refractivity contribution in [2.45, 2.75) is 24.9 Å². The molecule has 9 nitrogen and oxygen atoms in total. The second-order valence-corrected chi connectivity index (χ2v) is 12.0. The van der Waals surface area contributed by atoms with Crippen LogP contribution in [0.1, 0.15) is 26.4 Å². The number of aromatic hydroxyl groups is 2. The van der Waals surface area contributed by atoms with Gasteiger partial charge in [-0.1, -0.05) is 24.3 Å². The molecule has 1 amide bonds. The molecule has 5 aromatic rings. The van der Waals surface area contributed by atoms with Crippen molar-refractivity contribution in [3.05, 3.63) is 118 Å². The molecule has 41 heavy (non-hydrogen) atoms. The van der Waals surface area contributed by atoms with Gasteiger partial charge in [0, 0.05) is 47.3 Å². The lowest BCUT2D eigenvalue weighted by molar-refractivity contribution is 0.0982. The van der Waals surface area contributed by atoms with Gasteiger partial charge in [-0.2, -0.15) is 0 Å². The van der Waals surface area contributed by atoms with Crippen molar-refractivity contribution in [3.63, 3.8) is 0 Å². The number of amides is 1. The molecule has 0 unspecified atom stereocenters. The number of sulfonamides is 1. The van der Waals surface area contributed by atoms with Crippen molar-refractivity contribution in [1.82, 2.24) is 14.7 Å². The highest BCUT2D eigenvalue weighted by molar-refractivity contribution is 7.89. The Kier molecular flexibility index (Phi) is 8.11. The fourth-order valence-corrected chi connectivity index (χ4v) is 6.03. The molecule has 0 bridgehead atoms. The van der Waals surface area contributed by atoms with E-state index >= 15 is 0 Å². The summed E-state index contributed by atoms with van der Waals surface area (Å²) in [4.78, 5) is 24.6. The summed E-state index contributed by atoms with van der Waals surface area (Å²) in [5, 5.41) is 21.9. The number of carbonyl (C=O) groups excluding carboxylic acids is 1. The lowest BCUT2D eigenvalue weighted by Crippen LogP contribution is -2.30. The van der Waals surface area contributed by atoms with Crippen molar-refractivity contribution in [1.29, 1.82) is 0 Å². The van der Waals surface area contributed by atoms with Crippen LogP contribution in [-0.4, -0.2) is 34.5 Å². The molecule has 11 heteroatoms. The maximum Gasteiger partial charge on any atom is 0.262 e. The predicted octanol–water partition coefficient (Wildman–Crippen LogP) is 5.25. The normalized spacial score (nSPS) is 11.3. The second kappa shape index (κ2) is 11.9. The van der Waals surface area contributed by atoms with Gasteiger partial charge in [-0.25, -0.2) is 13.1 Å². The first-order valence-corrected chi connectivity index (χ1v) is 14.9. The number of hydrogen-bond donors (Lipinski definition) is 3. The van der Waals surface area contributed by atoms with E-state index in [-0.39, 0.29) is 35.0 Å². The summed E-state index contributed by atoms with van der Waals surface area (Å²) in [5.74, 6) is -0.942. The molecule has 3 aromatic heterocycles. The van der Waals surface area contributed by atoms with E-state index < -0.39 is 15.9 Å². The summed E-state index contributed by atoms with van der Waals surface area (Å²) >= 11 is 1.47. The van der Waals surface area contributed by atoms with Gasteiger partial charge in [0.05, 0.1) is 17.8 Å². The van der Waals surface area contributed by atoms with Crippen molar-refractivity contribution < 1.29 is 23.4 Å². The van der Waals surface area contributed by atoms with E-state index in [4.69, 9.17) is 0 Å². The molecule has 0 aliphatic heterocycles. The van der Waals surface area contributed by atoms with Crippen LogP contribution in [0.25, 0.3) is 11.3 Å². The molecular formula is C30H26N4O5S2. The molecule has 0 aliphatic carbocycles. The Morgan fingerprint density at radius 3 is 2.46 bits per heavy atom. The minimum absolute atomic E-state index is 0.0396. The molecule has 0 atom stereocenters. The number of carbonyl (C=O) groups is 1. The highest BCUT2D eigenvalue weighted by Gasteiger charge is 2.22. The lowest BCUT2D eigenvalue weighted by Gasteiger charge is -2.24. The lowest BCUT2D eigenvalue weighted by atomic mass is 10.1. The van der Waals surface area contributed by atoms with Crippen LogP contribution in [0.4, 0.5) is 5.69 Å². The fourth-order valence-electron chi connectivity index (χ4n) is 4.26. The van der Waals surface area contributed by atoms with Gasteiger partial charge in [-0.05, 0) is 65.9 Å². The molecule has 5 rings (SSSR count). The van der Waals surface area contributed by atoms with Gasteiger partial charge in [-0.3, -0.25) is 14.8 Å². The second-order valence-electron chi connectivity index (χ2n) is 9.24. The van der Waals surface area contributed by atoms with E-state index in [0.717, 1.165) is 22.1 Å². The number of rotatable bonds is 9. The van der Waals surface area contributed by atoms with E-state index in [1.165, 1.54) is 34.6 Å². The van der Waals surface area contributed by atoms with Crippen LogP contribution in [0.5, 0.6) is 11.5 Å². The number of aromatic nitrogens is 2. The number of nitrogens with one attached hydrogen (secondary N) is 1. The Labute approximate surface area is 241 Å². The zero-order chi connectivity index (χ0) is 29.0. The van der Waals surface area contributed by atoms with Crippen LogP contribution >= 0.6 is 11.3 Å². The summed E-state index contributed by atoms with van der Waals surface area (Å²) in [6.45, 7) is 2.19. The standard InChI is InChI=1S/C30H26N4O5S2/c1-20-14-26(41(38,39)33-17-25-5-3-13-40-25)18-32-29(20)22-6-8-23(9-7-22)34(19-21-4-2-12-31-16-21)30(37)27-11-10-24(35)15-28(27)36/h2-16,18,33,35-36H,17,19H2,1H3. The quantitative estimate of drug-likeness (QED) is 0.215. The molecule has 0 aliphatic rings. The summed E-state index contributed by atoms with van der Waals surface area (Å²) in [6, 6.07) is 19.9. The third kappa shape index (κ3) is 6.43. The van der Waals surface area contributed by atoms with E-state index in [2.05, 4.69) is 14.7 Å². The van der Waals surface area contributed by atoms with Crippen LogP contribution in [0.3, 0.4) is 0 Å². The number of phenols is 2. The van der Waals surface area contributed by atoms with Crippen LogP contribution < -0.4 is 9.62 Å². The Morgan fingerprint density at radius 1 is 1.00 bits per heavy atom. The number of benzene rings is 2. The van der Waals surface area contributed by atoms with Crippen molar-refractivity contribution >= 4 is 33.0 Å². The van der Waals surface area contributed by atoms with Gasteiger partial charge < -0.3 is 15.1 Å². The highest BCUT2D eigenvalue weighted by Crippen LogP contribution is 2.30. The first-order chi connectivity index (χ1) is 19.7. The smallest absolute Gasteiger partial charge is 0.262 e. The van der Waals surface area contributed by atoms with E-state index in [1.807, 2.05) is 23.6 Å². The maximum atomic E-state index is 13.5. The van der Waals surface area contributed by atoms with Crippen LogP contribution in [0, 0.1) is 6.92 Å². The summed E-state index contributed by atoms with van der Waals surface area (Å²) < 4.78 is 28.2. The number of nitrogens with zero attached hydrogens (tertiary/aromatic N) is 3. The average Bonchev–Trinajstić information content (AvgIpc) is 3.49. The molecule has 208 valence electrons. The van der Waals surface area contributed by atoms with Gasteiger partial charge in [0.1, 0.15) is 16.4 Å². The number of phenolic OH excluding ortho intramolecular Hbond substituents is 2. The molecule has 0 spiro atoms. The number of pyridine rings is 2. The van der Waals surface area contributed by atoms with Crippen LogP contribution in [-0.2, 0) is 23.1 Å². The first kappa shape index (κ1) is 28.0. The molecule has 0 saturated heterocycles. The molecule has 0 radical (unpaired) electrons. The topological polar surface area (TPSA) is 133 Å². The van der Waals surface area contributed by atoms with Crippen LogP contribution in [0.2, 0.25) is 0 Å². The Morgan fingerprint density at radius 2 is 1.80 bits per heavy atom. The molecular weight excluding hydrogens is 560 g/mol. The Hall–Kier alpha value is -4.58. The van der Waals surface area contributed by atoms with Crippen molar-refractivity contribution in [3.8, 4) is 22.8 Å². The largest absolute Gasteiger partial charge is 0.508 e. The predicted molar refractivity (Wildman–Crippen MR) is 157 cm³/mol. The number of thiophene rings is 1. The molecule has 3 N–H and O–H groups in total. The van der Waals surface area contributed by atoms with E-state index in [1.54, 1.807) is 55.7 Å². The summed E-state index contributed by atoms with van der Waals surface area (Å²) in [5.41, 5.74) is 3.40. The number of anilines is 1. The van der Waals surface area contributed by atoms with E-state index in [0.29, 0.717) is 16.9 Å². The van der Waals surface area contributed by atoms with Gasteiger partial charge in [-0.15, -0.1) is 11.3 Å². The van der Waals surface area contributed by atoms with Crippen molar-refractivity contribution in [2.24, 2.45) is 0 Å². The summed E-state index contributed by atoms with van der Waals surface area (Å²) in [6.07, 6.45) is 4.63. The summed E-state index contributed by atoms with van der Waals surface area (Å²) in [7, 11) is -3.74. The highest BCUT2D eigenvalue weighted by atomic mass is 32.2.